The summed E-state index contributed by atoms with van der Waals surface area (Å²) in [4.78, 5) is 0. The van der Waals surface area contributed by atoms with Crippen LogP contribution in [0.4, 0.5) is 0 Å². The second-order valence-corrected chi connectivity index (χ2v) is 7.43. The fraction of sp³-hybridized carbons (Fsp3) is 0.667. The highest BCUT2D eigenvalue weighted by Crippen LogP contribution is 2.32. The van der Waals surface area contributed by atoms with Crippen molar-refractivity contribution in [1.29, 1.82) is 0 Å². The van der Waals surface area contributed by atoms with E-state index in [1.807, 2.05) is 0 Å². The summed E-state index contributed by atoms with van der Waals surface area (Å²) in [6.45, 7) is 13.0. The van der Waals surface area contributed by atoms with Crippen molar-refractivity contribution in [3.8, 4) is 0 Å². The van der Waals surface area contributed by atoms with E-state index in [-0.39, 0.29) is 0 Å². The average Bonchev–Trinajstić information content (AvgIpc) is 2.80. The highest BCUT2D eigenvalue weighted by atomic mass is 32.2. The molecule has 0 saturated carbocycles. The molecule has 1 saturated heterocycles. The highest BCUT2D eigenvalue weighted by molar-refractivity contribution is 8.00. The third-order valence-corrected chi connectivity index (χ3v) is 5.89. The number of hydrogen-bond acceptors (Lipinski definition) is 3. The largest absolute Gasteiger partial charge is 0.377 e. The normalized spacial score (nSPS) is 23.5. The van der Waals surface area contributed by atoms with E-state index in [2.05, 4.69) is 63.8 Å². The molecule has 21 heavy (non-hydrogen) atoms. The van der Waals surface area contributed by atoms with Gasteiger partial charge in [-0.1, -0.05) is 24.6 Å². The van der Waals surface area contributed by atoms with E-state index < -0.39 is 0 Å². The number of aryl methyl sites for hydroxylation is 3. The van der Waals surface area contributed by atoms with E-state index in [0.717, 1.165) is 18.9 Å². The van der Waals surface area contributed by atoms with Gasteiger partial charge in [0, 0.05) is 23.7 Å². The first-order valence-electron chi connectivity index (χ1n) is 8.07. The van der Waals surface area contributed by atoms with Crippen molar-refractivity contribution >= 4 is 11.8 Å². The van der Waals surface area contributed by atoms with Crippen LogP contribution in [-0.4, -0.2) is 30.3 Å². The van der Waals surface area contributed by atoms with Gasteiger partial charge in [-0.15, -0.1) is 0 Å². The van der Waals surface area contributed by atoms with Crippen LogP contribution >= 0.6 is 11.8 Å². The maximum atomic E-state index is 5.69. The summed E-state index contributed by atoms with van der Waals surface area (Å²) >= 11 is 2.07. The molecular formula is C18H29NOS. The molecule has 1 fully saturated rings. The minimum Gasteiger partial charge on any atom is -0.377 e. The standard InChI is InChI=1S/C18H29NOS/c1-6-19-16(11-21-17-7-8-20-15(17)5)18-13(3)9-12(2)10-14(18)4/h9-10,15-17,19H,6-8,11H2,1-5H3. The Morgan fingerprint density at radius 2 is 1.95 bits per heavy atom. The summed E-state index contributed by atoms with van der Waals surface area (Å²) in [6.07, 6.45) is 1.59. The summed E-state index contributed by atoms with van der Waals surface area (Å²) in [5.41, 5.74) is 5.67. The maximum absolute atomic E-state index is 5.69. The minimum absolute atomic E-state index is 0.400. The molecule has 0 aliphatic carbocycles. The van der Waals surface area contributed by atoms with Crippen molar-refractivity contribution in [2.45, 2.75) is 58.4 Å². The van der Waals surface area contributed by atoms with Crippen molar-refractivity contribution in [2.75, 3.05) is 18.9 Å². The summed E-state index contributed by atoms with van der Waals surface area (Å²) < 4.78 is 5.69. The van der Waals surface area contributed by atoms with E-state index in [1.54, 1.807) is 0 Å². The first-order chi connectivity index (χ1) is 10.0. The molecular weight excluding hydrogens is 278 g/mol. The van der Waals surface area contributed by atoms with Gasteiger partial charge in [-0.25, -0.2) is 0 Å². The zero-order chi connectivity index (χ0) is 15.4. The Bertz CT molecular complexity index is 451. The molecule has 0 spiro atoms. The predicted molar refractivity (Wildman–Crippen MR) is 93.3 cm³/mol. The SMILES string of the molecule is CCNC(CSC1CCOC1C)c1c(C)cc(C)cc1C. The lowest BCUT2D eigenvalue weighted by Crippen LogP contribution is -2.26. The van der Waals surface area contributed by atoms with Crippen LogP contribution < -0.4 is 5.32 Å². The number of thioether (sulfide) groups is 1. The van der Waals surface area contributed by atoms with Gasteiger partial charge < -0.3 is 10.1 Å². The second kappa shape index (κ2) is 7.66. The zero-order valence-corrected chi connectivity index (χ0v) is 14.8. The predicted octanol–water partition coefficient (Wildman–Crippen LogP) is 4.17. The first kappa shape index (κ1) is 16.9. The van der Waals surface area contributed by atoms with Gasteiger partial charge >= 0.3 is 0 Å². The third-order valence-electron chi connectivity index (χ3n) is 4.32. The maximum Gasteiger partial charge on any atom is 0.0666 e. The molecule has 3 atom stereocenters. The molecule has 1 aliphatic rings. The Balaban J connectivity index is 2.11. The molecule has 0 amide bonds. The van der Waals surface area contributed by atoms with Crippen LogP contribution in [0.3, 0.4) is 0 Å². The quantitative estimate of drug-likeness (QED) is 0.852. The van der Waals surface area contributed by atoms with Crippen molar-refractivity contribution in [3.05, 3.63) is 34.4 Å². The molecule has 1 aliphatic heterocycles. The minimum atomic E-state index is 0.400. The molecule has 1 aromatic rings. The molecule has 3 unspecified atom stereocenters. The average molecular weight is 308 g/mol. The van der Waals surface area contributed by atoms with Crippen LogP contribution in [0.2, 0.25) is 0 Å². The third kappa shape index (κ3) is 4.24. The molecule has 118 valence electrons. The molecule has 3 heteroatoms. The Labute approximate surface area is 134 Å². The van der Waals surface area contributed by atoms with Crippen molar-refractivity contribution in [3.63, 3.8) is 0 Å². The van der Waals surface area contributed by atoms with Gasteiger partial charge in [-0.05, 0) is 57.4 Å². The molecule has 1 N–H and O–H groups in total. The van der Waals surface area contributed by atoms with Crippen molar-refractivity contribution in [1.82, 2.24) is 5.32 Å². The number of rotatable bonds is 6. The molecule has 1 aromatic carbocycles. The number of hydrogen-bond donors (Lipinski definition) is 1. The number of benzene rings is 1. The Morgan fingerprint density at radius 3 is 2.48 bits per heavy atom. The fourth-order valence-electron chi connectivity index (χ4n) is 3.38. The van der Waals surface area contributed by atoms with Gasteiger partial charge in [-0.3, -0.25) is 0 Å². The van der Waals surface area contributed by atoms with Crippen molar-refractivity contribution in [2.24, 2.45) is 0 Å². The molecule has 0 bridgehead atoms. The van der Waals surface area contributed by atoms with Gasteiger partial charge in [-0.2, -0.15) is 11.8 Å². The van der Waals surface area contributed by atoms with Gasteiger partial charge in [0.2, 0.25) is 0 Å². The lowest BCUT2D eigenvalue weighted by molar-refractivity contribution is 0.127. The smallest absolute Gasteiger partial charge is 0.0666 e. The van der Waals surface area contributed by atoms with E-state index in [0.29, 0.717) is 17.4 Å². The molecule has 0 radical (unpaired) electrons. The molecule has 2 rings (SSSR count). The van der Waals surface area contributed by atoms with Gasteiger partial charge in [0.15, 0.2) is 0 Å². The monoisotopic (exact) mass is 307 g/mol. The Morgan fingerprint density at radius 1 is 1.29 bits per heavy atom. The summed E-state index contributed by atoms with van der Waals surface area (Å²) in [5.74, 6) is 1.12. The topological polar surface area (TPSA) is 21.3 Å². The van der Waals surface area contributed by atoms with E-state index in [1.165, 1.54) is 28.7 Å². The summed E-state index contributed by atoms with van der Waals surface area (Å²) in [6, 6.07) is 5.05. The fourth-order valence-corrected chi connectivity index (χ4v) is 4.72. The van der Waals surface area contributed by atoms with E-state index in [9.17, 15) is 0 Å². The number of ether oxygens (including phenoxy) is 1. The summed E-state index contributed by atoms with van der Waals surface area (Å²) in [5, 5.41) is 4.33. The van der Waals surface area contributed by atoms with Crippen LogP contribution in [0.25, 0.3) is 0 Å². The van der Waals surface area contributed by atoms with Crippen LogP contribution in [0.5, 0.6) is 0 Å². The molecule has 1 heterocycles. The lowest BCUT2D eigenvalue weighted by Gasteiger charge is -2.25. The van der Waals surface area contributed by atoms with E-state index >= 15 is 0 Å². The van der Waals surface area contributed by atoms with Gasteiger partial charge in [0.1, 0.15) is 0 Å². The van der Waals surface area contributed by atoms with Gasteiger partial charge in [0.25, 0.3) is 0 Å². The van der Waals surface area contributed by atoms with Crippen LogP contribution in [0, 0.1) is 20.8 Å². The van der Waals surface area contributed by atoms with Crippen LogP contribution in [-0.2, 0) is 4.74 Å². The Kier molecular flexibility index (Phi) is 6.15. The number of nitrogens with one attached hydrogen (secondary N) is 1. The van der Waals surface area contributed by atoms with Crippen LogP contribution in [0.1, 0.15) is 48.6 Å². The molecule has 2 nitrogen and oxygen atoms in total. The Hall–Kier alpha value is -0.510. The summed E-state index contributed by atoms with van der Waals surface area (Å²) in [7, 11) is 0. The lowest BCUT2D eigenvalue weighted by atomic mass is 9.95. The molecule has 0 aromatic heterocycles. The first-order valence-corrected chi connectivity index (χ1v) is 9.12. The zero-order valence-electron chi connectivity index (χ0n) is 14.0. The van der Waals surface area contributed by atoms with Gasteiger partial charge in [0.05, 0.1) is 6.10 Å². The van der Waals surface area contributed by atoms with Crippen molar-refractivity contribution < 1.29 is 4.74 Å². The van der Waals surface area contributed by atoms with Crippen LogP contribution in [0.15, 0.2) is 12.1 Å². The second-order valence-electron chi connectivity index (χ2n) is 6.16. The highest BCUT2D eigenvalue weighted by Gasteiger charge is 2.26. The van der Waals surface area contributed by atoms with E-state index in [4.69, 9.17) is 4.74 Å².